The standard InChI is InChI=1S/C18H22F3N3O2/c1-2-15(24-16(25)6-7-17(24)26)23-10-8-22(9-11-23)14-5-3-4-13(12-14)18(19,20)21/h3-5,12,15H,2,6-11H2,1H3. The lowest BCUT2D eigenvalue weighted by atomic mass is 10.1. The number of carbonyl (C=O) groups is 2. The zero-order valence-electron chi connectivity index (χ0n) is 14.6. The van der Waals surface area contributed by atoms with Crippen LogP contribution < -0.4 is 4.90 Å². The molecule has 0 bridgehead atoms. The Morgan fingerprint density at radius 1 is 1.04 bits per heavy atom. The zero-order chi connectivity index (χ0) is 18.9. The molecule has 2 aliphatic heterocycles. The molecular formula is C18H22F3N3O2. The number of hydrogen-bond donors (Lipinski definition) is 0. The van der Waals surface area contributed by atoms with Gasteiger partial charge in [-0.1, -0.05) is 13.0 Å². The first-order valence-electron chi connectivity index (χ1n) is 8.82. The highest BCUT2D eigenvalue weighted by atomic mass is 19.4. The van der Waals surface area contributed by atoms with Gasteiger partial charge >= 0.3 is 6.18 Å². The molecule has 2 amide bonds. The second-order valence-corrected chi connectivity index (χ2v) is 6.62. The molecule has 2 aliphatic rings. The van der Waals surface area contributed by atoms with E-state index < -0.39 is 11.7 Å². The van der Waals surface area contributed by atoms with Gasteiger partial charge in [0.25, 0.3) is 0 Å². The van der Waals surface area contributed by atoms with Crippen molar-refractivity contribution in [3.05, 3.63) is 29.8 Å². The lowest BCUT2D eigenvalue weighted by molar-refractivity contribution is -0.146. The number of benzene rings is 1. The monoisotopic (exact) mass is 369 g/mol. The largest absolute Gasteiger partial charge is 0.416 e. The molecule has 1 unspecified atom stereocenters. The molecule has 0 radical (unpaired) electrons. The molecule has 0 aliphatic carbocycles. The van der Waals surface area contributed by atoms with E-state index >= 15 is 0 Å². The summed E-state index contributed by atoms with van der Waals surface area (Å²) >= 11 is 0. The van der Waals surface area contributed by atoms with E-state index in [4.69, 9.17) is 0 Å². The summed E-state index contributed by atoms with van der Waals surface area (Å²) in [7, 11) is 0. The number of likely N-dealkylation sites (tertiary alicyclic amines) is 1. The van der Waals surface area contributed by atoms with E-state index in [2.05, 4.69) is 4.90 Å². The van der Waals surface area contributed by atoms with E-state index in [-0.39, 0.29) is 30.8 Å². The lowest BCUT2D eigenvalue weighted by Crippen LogP contribution is -2.57. The summed E-state index contributed by atoms with van der Waals surface area (Å²) < 4.78 is 38.7. The van der Waals surface area contributed by atoms with Gasteiger partial charge in [0.15, 0.2) is 0 Å². The van der Waals surface area contributed by atoms with Gasteiger partial charge in [-0.15, -0.1) is 0 Å². The third-order valence-electron chi connectivity index (χ3n) is 5.03. The maximum atomic E-state index is 12.9. The van der Waals surface area contributed by atoms with Gasteiger partial charge < -0.3 is 4.90 Å². The molecule has 1 aromatic carbocycles. The van der Waals surface area contributed by atoms with Gasteiger partial charge in [0.05, 0.1) is 11.7 Å². The van der Waals surface area contributed by atoms with Crippen molar-refractivity contribution in [3.63, 3.8) is 0 Å². The first-order chi connectivity index (χ1) is 12.3. The van der Waals surface area contributed by atoms with Crippen LogP contribution in [-0.2, 0) is 15.8 Å². The second-order valence-electron chi connectivity index (χ2n) is 6.62. The van der Waals surface area contributed by atoms with Gasteiger partial charge in [-0.2, -0.15) is 13.2 Å². The molecule has 1 aromatic rings. The Balaban J connectivity index is 1.67. The predicted molar refractivity (Wildman–Crippen MR) is 90.4 cm³/mol. The van der Waals surface area contributed by atoms with E-state index in [1.165, 1.54) is 17.0 Å². The average molecular weight is 369 g/mol. The van der Waals surface area contributed by atoms with Crippen LogP contribution in [0, 0.1) is 0 Å². The second kappa shape index (κ2) is 7.26. The van der Waals surface area contributed by atoms with E-state index in [0.717, 1.165) is 6.07 Å². The first kappa shape index (κ1) is 18.7. The maximum absolute atomic E-state index is 12.9. The van der Waals surface area contributed by atoms with Gasteiger partial charge in [-0.25, -0.2) is 0 Å². The SMILES string of the molecule is CCC(N1CCN(c2cccc(C(F)(F)F)c2)CC1)N1C(=O)CCC1=O. The van der Waals surface area contributed by atoms with Crippen molar-refractivity contribution in [2.45, 2.75) is 38.5 Å². The quantitative estimate of drug-likeness (QED) is 0.766. The molecule has 8 heteroatoms. The highest BCUT2D eigenvalue weighted by Crippen LogP contribution is 2.32. The Bertz CT molecular complexity index is 669. The van der Waals surface area contributed by atoms with Crippen molar-refractivity contribution in [2.24, 2.45) is 0 Å². The fourth-order valence-corrected chi connectivity index (χ4v) is 3.69. The molecule has 0 spiro atoms. The predicted octanol–water partition coefficient (Wildman–Crippen LogP) is 2.71. The smallest absolute Gasteiger partial charge is 0.369 e. The van der Waals surface area contributed by atoms with Crippen molar-refractivity contribution in [2.75, 3.05) is 31.1 Å². The van der Waals surface area contributed by atoms with Crippen molar-refractivity contribution in [1.82, 2.24) is 9.80 Å². The zero-order valence-corrected chi connectivity index (χ0v) is 14.6. The molecule has 0 saturated carbocycles. The van der Waals surface area contributed by atoms with Crippen LogP contribution in [0.3, 0.4) is 0 Å². The summed E-state index contributed by atoms with van der Waals surface area (Å²) in [5, 5.41) is 0. The summed E-state index contributed by atoms with van der Waals surface area (Å²) in [6, 6.07) is 5.33. The number of halogens is 3. The van der Waals surface area contributed by atoms with Crippen LogP contribution in [0.25, 0.3) is 0 Å². The molecule has 2 saturated heterocycles. The minimum atomic E-state index is -4.36. The summed E-state index contributed by atoms with van der Waals surface area (Å²) in [4.78, 5) is 29.4. The van der Waals surface area contributed by atoms with Crippen LogP contribution in [0.4, 0.5) is 18.9 Å². The molecule has 26 heavy (non-hydrogen) atoms. The fraction of sp³-hybridized carbons (Fsp3) is 0.556. The number of nitrogens with zero attached hydrogens (tertiary/aromatic N) is 3. The molecule has 2 fully saturated rings. The molecule has 3 rings (SSSR count). The number of imide groups is 1. The van der Waals surface area contributed by atoms with Gasteiger partial charge in [0.2, 0.25) is 11.8 Å². The number of amides is 2. The Morgan fingerprint density at radius 2 is 1.65 bits per heavy atom. The Morgan fingerprint density at radius 3 is 2.19 bits per heavy atom. The van der Waals surface area contributed by atoms with Crippen molar-refractivity contribution < 1.29 is 22.8 Å². The van der Waals surface area contributed by atoms with Crippen LogP contribution in [0.1, 0.15) is 31.7 Å². The number of alkyl halides is 3. The third-order valence-corrected chi connectivity index (χ3v) is 5.03. The molecule has 5 nitrogen and oxygen atoms in total. The maximum Gasteiger partial charge on any atom is 0.416 e. The molecule has 0 N–H and O–H groups in total. The Labute approximate surface area is 150 Å². The van der Waals surface area contributed by atoms with E-state index in [1.54, 1.807) is 6.07 Å². The Hall–Kier alpha value is -2.09. The number of anilines is 1. The van der Waals surface area contributed by atoms with E-state index in [1.807, 2.05) is 11.8 Å². The van der Waals surface area contributed by atoms with Gasteiger partial charge in [-0.05, 0) is 24.6 Å². The normalized spacial score (nSPS) is 20.8. The number of carbonyl (C=O) groups excluding carboxylic acids is 2. The number of rotatable bonds is 4. The van der Waals surface area contributed by atoms with Gasteiger partial charge in [-0.3, -0.25) is 19.4 Å². The van der Waals surface area contributed by atoms with Crippen LogP contribution in [0.2, 0.25) is 0 Å². The number of piperazine rings is 1. The minimum absolute atomic E-state index is 0.137. The van der Waals surface area contributed by atoms with Crippen LogP contribution >= 0.6 is 0 Å². The van der Waals surface area contributed by atoms with Crippen LogP contribution in [0.5, 0.6) is 0 Å². The number of hydrogen-bond acceptors (Lipinski definition) is 4. The molecular weight excluding hydrogens is 347 g/mol. The summed E-state index contributed by atoms with van der Waals surface area (Å²) in [6.45, 7) is 4.21. The van der Waals surface area contributed by atoms with E-state index in [0.29, 0.717) is 38.3 Å². The summed E-state index contributed by atoms with van der Waals surface area (Å²) in [5.74, 6) is -0.274. The molecule has 1 atom stereocenters. The highest BCUT2D eigenvalue weighted by molar-refractivity contribution is 6.02. The summed E-state index contributed by atoms with van der Waals surface area (Å²) in [5.41, 5.74) is -0.113. The fourth-order valence-electron chi connectivity index (χ4n) is 3.69. The van der Waals surface area contributed by atoms with Crippen LogP contribution in [-0.4, -0.2) is 54.0 Å². The van der Waals surface area contributed by atoms with Crippen molar-refractivity contribution >= 4 is 17.5 Å². The summed E-state index contributed by atoms with van der Waals surface area (Å²) in [6.07, 6.45) is -3.46. The van der Waals surface area contributed by atoms with Crippen LogP contribution in [0.15, 0.2) is 24.3 Å². The van der Waals surface area contributed by atoms with Crippen molar-refractivity contribution in [3.8, 4) is 0 Å². The average Bonchev–Trinajstić information content (AvgIpc) is 2.95. The lowest BCUT2D eigenvalue weighted by Gasteiger charge is -2.42. The van der Waals surface area contributed by atoms with Crippen molar-refractivity contribution in [1.29, 1.82) is 0 Å². The topological polar surface area (TPSA) is 43.9 Å². The molecule has 2 heterocycles. The first-order valence-corrected chi connectivity index (χ1v) is 8.82. The molecule has 142 valence electrons. The Kier molecular flexibility index (Phi) is 5.22. The molecule has 0 aromatic heterocycles. The van der Waals surface area contributed by atoms with Gasteiger partial charge in [0.1, 0.15) is 0 Å². The van der Waals surface area contributed by atoms with Gasteiger partial charge in [0, 0.05) is 44.7 Å². The third kappa shape index (κ3) is 3.70. The van der Waals surface area contributed by atoms with E-state index in [9.17, 15) is 22.8 Å². The highest BCUT2D eigenvalue weighted by Gasteiger charge is 2.38. The minimum Gasteiger partial charge on any atom is -0.369 e.